The van der Waals surface area contributed by atoms with Crippen LogP contribution < -0.4 is 15.2 Å². The average Bonchev–Trinajstić information content (AvgIpc) is 2.83. The van der Waals surface area contributed by atoms with Gasteiger partial charge in [0.25, 0.3) is 0 Å². The van der Waals surface area contributed by atoms with Crippen molar-refractivity contribution >= 4 is 17.6 Å². The maximum absolute atomic E-state index is 5.72. The second kappa shape index (κ2) is 5.22. The van der Waals surface area contributed by atoms with Gasteiger partial charge in [-0.15, -0.1) is 11.8 Å². The molecule has 0 aliphatic rings. The Morgan fingerprint density at radius 1 is 1.28 bits per heavy atom. The molecule has 1 aromatic carbocycles. The maximum atomic E-state index is 5.72. The molecular formula is C12H14N2O3S. The van der Waals surface area contributed by atoms with Crippen LogP contribution in [0.15, 0.2) is 27.7 Å². The average molecular weight is 266 g/mol. The third-order valence-electron chi connectivity index (χ3n) is 2.57. The first-order valence-electron chi connectivity index (χ1n) is 5.21. The Morgan fingerprint density at radius 2 is 2.06 bits per heavy atom. The van der Waals surface area contributed by atoms with Crippen LogP contribution in [0.5, 0.6) is 11.5 Å². The minimum absolute atomic E-state index is 0.286. The highest BCUT2D eigenvalue weighted by atomic mass is 32.2. The van der Waals surface area contributed by atoms with Gasteiger partial charge in [-0.3, -0.25) is 0 Å². The van der Waals surface area contributed by atoms with Gasteiger partial charge in [0.2, 0.25) is 5.88 Å². The van der Waals surface area contributed by atoms with Crippen LogP contribution >= 0.6 is 11.8 Å². The van der Waals surface area contributed by atoms with Gasteiger partial charge in [-0.1, -0.05) is 5.16 Å². The molecule has 2 aromatic rings. The third-order valence-corrected chi connectivity index (χ3v) is 3.32. The van der Waals surface area contributed by atoms with E-state index < -0.39 is 0 Å². The minimum Gasteiger partial charge on any atom is -0.493 e. The number of nitrogen functional groups attached to an aromatic ring is 1. The van der Waals surface area contributed by atoms with Gasteiger partial charge in [-0.25, -0.2) is 0 Å². The van der Waals surface area contributed by atoms with E-state index in [1.54, 1.807) is 32.2 Å². The lowest BCUT2D eigenvalue weighted by molar-refractivity contribution is 0.348. The number of aromatic nitrogens is 1. The number of hydrogen-bond donors (Lipinski definition) is 1. The van der Waals surface area contributed by atoms with Crippen molar-refractivity contribution in [1.82, 2.24) is 5.16 Å². The summed E-state index contributed by atoms with van der Waals surface area (Å²) < 4.78 is 15.5. The van der Waals surface area contributed by atoms with Crippen molar-refractivity contribution in [3.05, 3.63) is 18.3 Å². The Labute approximate surface area is 109 Å². The molecule has 0 aliphatic heterocycles. The zero-order valence-electron chi connectivity index (χ0n) is 10.4. The molecule has 0 radical (unpaired) electrons. The lowest BCUT2D eigenvalue weighted by atomic mass is 10.1. The van der Waals surface area contributed by atoms with Gasteiger partial charge in [0.1, 0.15) is 0 Å². The van der Waals surface area contributed by atoms with Crippen LogP contribution in [-0.2, 0) is 0 Å². The number of nitrogens with two attached hydrogens (primary N) is 1. The molecule has 18 heavy (non-hydrogen) atoms. The first-order chi connectivity index (χ1) is 8.71. The summed E-state index contributed by atoms with van der Waals surface area (Å²) in [5.74, 6) is 1.65. The van der Waals surface area contributed by atoms with E-state index in [0.29, 0.717) is 11.5 Å². The Balaban J connectivity index is 2.60. The SMILES string of the molecule is COc1cc(-c2cnoc2N)cc(SC)c1OC. The molecule has 1 heterocycles. The number of hydrogen-bond acceptors (Lipinski definition) is 6. The van der Waals surface area contributed by atoms with Gasteiger partial charge in [0.15, 0.2) is 11.5 Å². The summed E-state index contributed by atoms with van der Waals surface area (Å²) in [5, 5.41) is 3.67. The summed E-state index contributed by atoms with van der Waals surface area (Å²) >= 11 is 1.57. The van der Waals surface area contributed by atoms with Gasteiger partial charge in [0.05, 0.1) is 30.9 Å². The quantitative estimate of drug-likeness (QED) is 0.858. The Kier molecular flexibility index (Phi) is 3.66. The lowest BCUT2D eigenvalue weighted by Gasteiger charge is -2.13. The Hall–Kier alpha value is -1.82. The van der Waals surface area contributed by atoms with Crippen LogP contribution in [0.2, 0.25) is 0 Å². The summed E-state index contributed by atoms with van der Waals surface area (Å²) in [5.41, 5.74) is 7.35. The molecule has 2 rings (SSSR count). The number of benzene rings is 1. The molecule has 0 atom stereocenters. The van der Waals surface area contributed by atoms with E-state index in [9.17, 15) is 0 Å². The van der Waals surface area contributed by atoms with E-state index >= 15 is 0 Å². The Morgan fingerprint density at radius 3 is 2.56 bits per heavy atom. The number of thioether (sulfide) groups is 1. The molecule has 0 unspecified atom stereocenters. The van der Waals surface area contributed by atoms with Gasteiger partial charge < -0.3 is 19.7 Å². The van der Waals surface area contributed by atoms with Crippen LogP contribution in [-0.4, -0.2) is 25.6 Å². The number of nitrogens with zero attached hydrogens (tertiary/aromatic N) is 1. The van der Waals surface area contributed by atoms with Gasteiger partial charge in [-0.05, 0) is 24.0 Å². The van der Waals surface area contributed by atoms with Crippen LogP contribution in [0.25, 0.3) is 11.1 Å². The zero-order chi connectivity index (χ0) is 13.1. The Bertz CT molecular complexity index is 529. The molecular weight excluding hydrogens is 252 g/mol. The van der Waals surface area contributed by atoms with E-state index in [1.165, 1.54) is 0 Å². The smallest absolute Gasteiger partial charge is 0.229 e. The van der Waals surface area contributed by atoms with Crippen molar-refractivity contribution in [3.63, 3.8) is 0 Å². The minimum atomic E-state index is 0.286. The molecule has 0 aliphatic carbocycles. The summed E-state index contributed by atoms with van der Waals surface area (Å²) in [6.07, 6.45) is 3.55. The molecule has 0 saturated heterocycles. The van der Waals surface area contributed by atoms with E-state index in [1.807, 2.05) is 18.4 Å². The summed E-state index contributed by atoms with van der Waals surface area (Å²) in [6.45, 7) is 0. The molecule has 0 amide bonds. The van der Waals surface area contributed by atoms with Crippen LogP contribution in [0.3, 0.4) is 0 Å². The normalized spacial score (nSPS) is 10.4. The highest BCUT2D eigenvalue weighted by Crippen LogP contribution is 2.41. The van der Waals surface area contributed by atoms with E-state index in [2.05, 4.69) is 5.16 Å². The first kappa shape index (κ1) is 12.6. The fourth-order valence-electron chi connectivity index (χ4n) is 1.70. The first-order valence-corrected chi connectivity index (χ1v) is 6.44. The van der Waals surface area contributed by atoms with Gasteiger partial charge >= 0.3 is 0 Å². The fourth-order valence-corrected chi connectivity index (χ4v) is 2.32. The fraction of sp³-hybridized carbons (Fsp3) is 0.250. The van der Waals surface area contributed by atoms with Crippen molar-refractivity contribution < 1.29 is 14.0 Å². The van der Waals surface area contributed by atoms with Crippen molar-refractivity contribution in [2.24, 2.45) is 0 Å². The number of anilines is 1. The molecule has 0 saturated carbocycles. The topological polar surface area (TPSA) is 70.5 Å². The highest BCUT2D eigenvalue weighted by molar-refractivity contribution is 7.98. The molecule has 0 spiro atoms. The van der Waals surface area contributed by atoms with E-state index in [-0.39, 0.29) is 5.88 Å². The van der Waals surface area contributed by atoms with Crippen molar-refractivity contribution in [1.29, 1.82) is 0 Å². The van der Waals surface area contributed by atoms with Crippen molar-refractivity contribution in [2.45, 2.75) is 4.90 Å². The molecule has 1 aromatic heterocycles. The molecule has 2 N–H and O–H groups in total. The molecule has 96 valence electrons. The zero-order valence-corrected chi connectivity index (χ0v) is 11.2. The second-order valence-corrected chi connectivity index (χ2v) is 4.37. The predicted octanol–water partition coefficient (Wildman–Crippen LogP) is 2.66. The van der Waals surface area contributed by atoms with Crippen molar-refractivity contribution in [3.8, 4) is 22.6 Å². The van der Waals surface area contributed by atoms with Gasteiger partial charge in [-0.2, -0.15) is 0 Å². The maximum Gasteiger partial charge on any atom is 0.229 e. The summed E-state index contributed by atoms with van der Waals surface area (Å²) in [6, 6.07) is 3.82. The van der Waals surface area contributed by atoms with E-state index in [0.717, 1.165) is 16.0 Å². The van der Waals surface area contributed by atoms with Crippen LogP contribution in [0.4, 0.5) is 5.88 Å². The second-order valence-electron chi connectivity index (χ2n) is 3.52. The number of rotatable bonds is 4. The number of methoxy groups -OCH3 is 2. The van der Waals surface area contributed by atoms with Crippen LogP contribution in [0, 0.1) is 0 Å². The molecule has 0 bridgehead atoms. The summed E-state index contributed by atoms with van der Waals surface area (Å²) in [4.78, 5) is 0.965. The largest absolute Gasteiger partial charge is 0.493 e. The van der Waals surface area contributed by atoms with E-state index in [4.69, 9.17) is 19.7 Å². The highest BCUT2D eigenvalue weighted by Gasteiger charge is 2.15. The lowest BCUT2D eigenvalue weighted by Crippen LogP contribution is -1.94. The predicted molar refractivity (Wildman–Crippen MR) is 71.2 cm³/mol. The van der Waals surface area contributed by atoms with Crippen molar-refractivity contribution in [2.75, 3.05) is 26.2 Å². The summed E-state index contributed by atoms with van der Waals surface area (Å²) in [7, 11) is 3.22. The van der Waals surface area contributed by atoms with Crippen LogP contribution in [0.1, 0.15) is 0 Å². The molecule has 6 heteroatoms. The monoisotopic (exact) mass is 266 g/mol. The molecule has 0 fully saturated rings. The molecule has 5 nitrogen and oxygen atoms in total. The number of ether oxygens (including phenoxy) is 2. The van der Waals surface area contributed by atoms with Gasteiger partial charge in [0, 0.05) is 0 Å². The third kappa shape index (κ3) is 2.11. The standard InChI is InChI=1S/C12H14N2O3S/c1-15-9-4-7(8-6-14-17-12(8)13)5-10(18-3)11(9)16-2/h4-6H,13H2,1-3H3.